The van der Waals surface area contributed by atoms with Crippen LogP contribution >= 0.6 is 0 Å². The van der Waals surface area contributed by atoms with Gasteiger partial charge in [-0.2, -0.15) is 0 Å². The van der Waals surface area contributed by atoms with Crippen LogP contribution in [0.4, 0.5) is 0 Å². The van der Waals surface area contributed by atoms with E-state index in [1.54, 1.807) is 0 Å². The summed E-state index contributed by atoms with van der Waals surface area (Å²) in [5, 5.41) is 2.42. The standard InChI is InChI=1S/C21H19NO/c1-21(2,3)17-10-11-18-19(13-17)23-20(22-18)16-9-8-14-6-4-5-7-15(14)12-16/h4-13H,1-3H3. The predicted octanol–water partition coefficient (Wildman–Crippen LogP) is 5.95. The van der Waals surface area contributed by atoms with Gasteiger partial charge in [-0.3, -0.25) is 0 Å². The molecule has 0 aliphatic carbocycles. The van der Waals surface area contributed by atoms with Crippen LogP contribution in [0.15, 0.2) is 65.1 Å². The van der Waals surface area contributed by atoms with Gasteiger partial charge in [-0.25, -0.2) is 4.98 Å². The van der Waals surface area contributed by atoms with Crippen LogP contribution in [0, 0.1) is 0 Å². The Balaban J connectivity index is 1.84. The zero-order valence-electron chi connectivity index (χ0n) is 13.6. The zero-order valence-corrected chi connectivity index (χ0v) is 13.6. The highest BCUT2D eigenvalue weighted by molar-refractivity contribution is 5.87. The van der Waals surface area contributed by atoms with Crippen LogP contribution < -0.4 is 0 Å². The predicted molar refractivity (Wildman–Crippen MR) is 95.7 cm³/mol. The lowest BCUT2D eigenvalue weighted by atomic mass is 9.87. The summed E-state index contributed by atoms with van der Waals surface area (Å²) in [4.78, 5) is 4.65. The van der Waals surface area contributed by atoms with Crippen LogP contribution in [0.25, 0.3) is 33.3 Å². The van der Waals surface area contributed by atoms with Crippen LogP contribution in [0.3, 0.4) is 0 Å². The molecule has 0 N–H and O–H groups in total. The maximum absolute atomic E-state index is 6.03. The van der Waals surface area contributed by atoms with E-state index >= 15 is 0 Å². The first-order chi connectivity index (χ1) is 11.0. The van der Waals surface area contributed by atoms with Crippen molar-refractivity contribution in [3.05, 3.63) is 66.2 Å². The maximum atomic E-state index is 6.03. The molecule has 0 spiro atoms. The second-order valence-corrected chi connectivity index (χ2v) is 7.01. The molecule has 1 heterocycles. The number of hydrogen-bond donors (Lipinski definition) is 0. The van der Waals surface area contributed by atoms with Gasteiger partial charge in [-0.15, -0.1) is 0 Å². The minimum Gasteiger partial charge on any atom is -0.436 e. The molecule has 0 fully saturated rings. The second-order valence-electron chi connectivity index (χ2n) is 7.01. The first kappa shape index (κ1) is 14.0. The Labute approximate surface area is 135 Å². The van der Waals surface area contributed by atoms with Gasteiger partial charge in [0.2, 0.25) is 5.89 Å². The van der Waals surface area contributed by atoms with Crippen molar-refractivity contribution in [3.8, 4) is 11.5 Å². The molecule has 0 aliphatic heterocycles. The van der Waals surface area contributed by atoms with Gasteiger partial charge in [0.25, 0.3) is 0 Å². The van der Waals surface area contributed by atoms with Crippen LogP contribution in [0.1, 0.15) is 26.3 Å². The molecule has 2 nitrogen and oxygen atoms in total. The van der Waals surface area contributed by atoms with Crippen LogP contribution in [-0.2, 0) is 5.41 Å². The fraction of sp³-hybridized carbons (Fsp3) is 0.190. The summed E-state index contributed by atoms with van der Waals surface area (Å²) >= 11 is 0. The molecule has 2 heteroatoms. The molecule has 0 saturated carbocycles. The molecule has 4 rings (SSSR count). The van der Waals surface area contributed by atoms with E-state index in [4.69, 9.17) is 4.42 Å². The topological polar surface area (TPSA) is 26.0 Å². The molecule has 0 unspecified atom stereocenters. The molecule has 0 aliphatic rings. The second kappa shape index (κ2) is 4.95. The third kappa shape index (κ3) is 2.50. The lowest BCUT2D eigenvalue weighted by Crippen LogP contribution is -2.10. The summed E-state index contributed by atoms with van der Waals surface area (Å²) in [5.41, 5.74) is 4.12. The summed E-state index contributed by atoms with van der Waals surface area (Å²) in [6.45, 7) is 6.61. The van der Waals surface area contributed by atoms with E-state index in [1.807, 2.05) is 12.1 Å². The van der Waals surface area contributed by atoms with Gasteiger partial charge in [0.05, 0.1) is 0 Å². The highest BCUT2D eigenvalue weighted by Gasteiger charge is 2.16. The van der Waals surface area contributed by atoms with E-state index in [0.29, 0.717) is 5.89 Å². The largest absolute Gasteiger partial charge is 0.436 e. The molecule has 4 aromatic rings. The van der Waals surface area contributed by atoms with Crippen molar-refractivity contribution in [2.24, 2.45) is 0 Å². The summed E-state index contributed by atoms with van der Waals surface area (Å²) in [5.74, 6) is 0.678. The Morgan fingerprint density at radius 3 is 2.39 bits per heavy atom. The molecule has 1 aromatic heterocycles. The van der Waals surface area contributed by atoms with E-state index < -0.39 is 0 Å². The first-order valence-corrected chi connectivity index (χ1v) is 7.91. The molecule has 114 valence electrons. The Morgan fingerprint density at radius 1 is 0.826 bits per heavy atom. The Kier molecular flexibility index (Phi) is 3.02. The van der Waals surface area contributed by atoms with E-state index in [0.717, 1.165) is 16.7 Å². The van der Waals surface area contributed by atoms with Crippen molar-refractivity contribution < 1.29 is 4.42 Å². The van der Waals surface area contributed by atoms with E-state index in [1.165, 1.54) is 16.3 Å². The molecule has 0 atom stereocenters. The van der Waals surface area contributed by atoms with Gasteiger partial charge in [-0.05, 0) is 46.0 Å². The molecule has 23 heavy (non-hydrogen) atoms. The zero-order chi connectivity index (χ0) is 16.0. The van der Waals surface area contributed by atoms with E-state index in [2.05, 4.69) is 74.3 Å². The number of benzene rings is 3. The molecule has 3 aromatic carbocycles. The highest BCUT2D eigenvalue weighted by atomic mass is 16.3. The fourth-order valence-corrected chi connectivity index (χ4v) is 2.84. The average Bonchev–Trinajstić information content (AvgIpc) is 2.96. The third-order valence-electron chi connectivity index (χ3n) is 4.25. The number of aromatic nitrogens is 1. The summed E-state index contributed by atoms with van der Waals surface area (Å²) in [6.07, 6.45) is 0. The van der Waals surface area contributed by atoms with Crippen molar-refractivity contribution in [1.82, 2.24) is 4.98 Å². The maximum Gasteiger partial charge on any atom is 0.227 e. The molecule has 0 saturated heterocycles. The van der Waals surface area contributed by atoms with E-state index in [9.17, 15) is 0 Å². The molecule has 0 amide bonds. The number of oxazole rings is 1. The minimum atomic E-state index is 0.101. The fourth-order valence-electron chi connectivity index (χ4n) is 2.84. The van der Waals surface area contributed by atoms with Crippen molar-refractivity contribution >= 4 is 21.9 Å². The summed E-state index contributed by atoms with van der Waals surface area (Å²) in [7, 11) is 0. The van der Waals surface area contributed by atoms with Crippen LogP contribution in [-0.4, -0.2) is 4.98 Å². The smallest absolute Gasteiger partial charge is 0.227 e. The van der Waals surface area contributed by atoms with Crippen molar-refractivity contribution in [2.45, 2.75) is 26.2 Å². The average molecular weight is 301 g/mol. The lowest BCUT2D eigenvalue weighted by Gasteiger charge is -2.18. The van der Waals surface area contributed by atoms with Gasteiger partial charge in [0.15, 0.2) is 5.58 Å². The Bertz CT molecular complexity index is 1010. The van der Waals surface area contributed by atoms with Gasteiger partial charge < -0.3 is 4.42 Å². The molecule has 0 radical (unpaired) electrons. The Hall–Kier alpha value is -2.61. The highest BCUT2D eigenvalue weighted by Crippen LogP contribution is 2.30. The summed E-state index contributed by atoms with van der Waals surface area (Å²) in [6, 6.07) is 20.9. The Morgan fingerprint density at radius 2 is 1.61 bits per heavy atom. The lowest BCUT2D eigenvalue weighted by molar-refractivity contribution is 0.584. The molecular weight excluding hydrogens is 282 g/mol. The van der Waals surface area contributed by atoms with Crippen LogP contribution in [0.2, 0.25) is 0 Å². The number of fused-ring (bicyclic) bond motifs is 2. The molecular formula is C21H19NO. The van der Waals surface area contributed by atoms with Gasteiger partial charge in [0, 0.05) is 5.56 Å². The third-order valence-corrected chi connectivity index (χ3v) is 4.25. The van der Waals surface area contributed by atoms with Crippen LogP contribution in [0.5, 0.6) is 0 Å². The van der Waals surface area contributed by atoms with Gasteiger partial charge >= 0.3 is 0 Å². The SMILES string of the molecule is CC(C)(C)c1ccc2nc(-c3ccc4ccccc4c3)oc2c1. The normalized spacial score (nSPS) is 12.1. The number of nitrogens with zero attached hydrogens (tertiary/aromatic N) is 1. The van der Waals surface area contributed by atoms with Crippen molar-refractivity contribution in [2.75, 3.05) is 0 Å². The first-order valence-electron chi connectivity index (χ1n) is 7.91. The van der Waals surface area contributed by atoms with Crippen molar-refractivity contribution in [1.29, 1.82) is 0 Å². The van der Waals surface area contributed by atoms with Gasteiger partial charge in [-0.1, -0.05) is 57.2 Å². The quantitative estimate of drug-likeness (QED) is 0.434. The summed E-state index contributed by atoms with van der Waals surface area (Å²) < 4.78 is 6.03. The van der Waals surface area contributed by atoms with Crippen molar-refractivity contribution in [3.63, 3.8) is 0 Å². The number of hydrogen-bond acceptors (Lipinski definition) is 2. The number of rotatable bonds is 1. The van der Waals surface area contributed by atoms with Gasteiger partial charge in [0.1, 0.15) is 5.52 Å². The monoisotopic (exact) mass is 301 g/mol. The van der Waals surface area contributed by atoms with E-state index in [-0.39, 0.29) is 5.41 Å². The minimum absolute atomic E-state index is 0.101. The molecule has 0 bridgehead atoms.